The molecule has 2 saturated heterocycles. The molecule has 1 aromatic rings. The van der Waals surface area contributed by atoms with Crippen LogP contribution in [-0.4, -0.2) is 68.1 Å². The summed E-state index contributed by atoms with van der Waals surface area (Å²) in [6.07, 6.45) is 5.01. The molecule has 2 aliphatic heterocycles. The minimum Gasteiger partial charge on any atom is -0.356 e. The Kier molecular flexibility index (Phi) is 11.5. The van der Waals surface area contributed by atoms with E-state index in [1.54, 1.807) is 0 Å². The summed E-state index contributed by atoms with van der Waals surface area (Å²) in [5, 5.41) is 7.28. The van der Waals surface area contributed by atoms with Crippen LogP contribution in [0.1, 0.15) is 45.1 Å². The Morgan fingerprint density at radius 3 is 2.47 bits per heavy atom. The summed E-state index contributed by atoms with van der Waals surface area (Å²) in [5.74, 6) is 2.46. The smallest absolute Gasteiger partial charge is 0.191 e. The molecule has 6 heteroatoms. The quantitative estimate of drug-likeness (QED) is 0.322. The van der Waals surface area contributed by atoms with Crippen LogP contribution in [0.15, 0.2) is 35.3 Å². The molecule has 5 nitrogen and oxygen atoms in total. The first-order valence-corrected chi connectivity index (χ1v) is 11.6. The van der Waals surface area contributed by atoms with Crippen molar-refractivity contribution in [3.05, 3.63) is 35.9 Å². The number of aliphatic imine (C=N–C) groups is 1. The van der Waals surface area contributed by atoms with Crippen LogP contribution in [0.5, 0.6) is 0 Å². The van der Waals surface area contributed by atoms with Gasteiger partial charge in [-0.05, 0) is 49.6 Å². The summed E-state index contributed by atoms with van der Waals surface area (Å²) in [6, 6.07) is 11.3. The molecular weight excluding hydrogens is 485 g/mol. The Bertz CT molecular complexity index is 613. The highest BCUT2D eigenvalue weighted by Crippen LogP contribution is 2.17. The van der Waals surface area contributed by atoms with Gasteiger partial charge in [0.15, 0.2) is 5.96 Å². The van der Waals surface area contributed by atoms with E-state index in [0.717, 1.165) is 44.0 Å². The standard InChI is InChI=1S/C24H41N5.HI/c1-20(2)17-29-13-7-10-22(19-29)16-26-24(25-3)27-23-11-14-28(15-12-23)18-21-8-5-4-6-9-21;/h4-6,8-9,20,22-23H,7,10-19H2,1-3H3,(H2,25,26,27);1H. The number of nitrogens with one attached hydrogen (secondary N) is 2. The average Bonchev–Trinajstić information content (AvgIpc) is 2.73. The van der Waals surface area contributed by atoms with Crippen LogP contribution in [0, 0.1) is 11.8 Å². The van der Waals surface area contributed by atoms with E-state index in [4.69, 9.17) is 0 Å². The molecule has 2 aliphatic rings. The molecule has 0 spiro atoms. The van der Waals surface area contributed by atoms with Gasteiger partial charge in [-0.15, -0.1) is 24.0 Å². The molecule has 0 saturated carbocycles. The largest absolute Gasteiger partial charge is 0.356 e. The molecule has 0 amide bonds. The van der Waals surface area contributed by atoms with Gasteiger partial charge in [-0.25, -0.2) is 0 Å². The van der Waals surface area contributed by atoms with Crippen LogP contribution in [0.25, 0.3) is 0 Å². The zero-order valence-corrected chi connectivity index (χ0v) is 21.5. The average molecular weight is 528 g/mol. The summed E-state index contributed by atoms with van der Waals surface area (Å²) in [5.41, 5.74) is 1.41. The van der Waals surface area contributed by atoms with Crippen LogP contribution >= 0.6 is 24.0 Å². The Balaban J connectivity index is 0.00000320. The fourth-order valence-corrected chi connectivity index (χ4v) is 4.71. The maximum atomic E-state index is 4.49. The van der Waals surface area contributed by atoms with Gasteiger partial charge in [0.25, 0.3) is 0 Å². The SMILES string of the molecule is CN=C(NCC1CCCN(CC(C)C)C1)NC1CCN(Cc2ccccc2)CC1.I. The van der Waals surface area contributed by atoms with Crippen molar-refractivity contribution >= 4 is 29.9 Å². The predicted octanol–water partition coefficient (Wildman–Crippen LogP) is 3.80. The van der Waals surface area contributed by atoms with Gasteiger partial charge in [-0.2, -0.15) is 0 Å². The molecule has 0 bridgehead atoms. The van der Waals surface area contributed by atoms with Crippen molar-refractivity contribution in [1.29, 1.82) is 0 Å². The minimum atomic E-state index is 0. The first-order chi connectivity index (χ1) is 14.1. The van der Waals surface area contributed by atoms with Gasteiger partial charge in [0.05, 0.1) is 0 Å². The van der Waals surface area contributed by atoms with Crippen molar-refractivity contribution in [3.63, 3.8) is 0 Å². The van der Waals surface area contributed by atoms with Gasteiger partial charge in [0.2, 0.25) is 0 Å². The number of hydrogen-bond acceptors (Lipinski definition) is 3. The van der Waals surface area contributed by atoms with Crippen molar-refractivity contribution < 1.29 is 0 Å². The highest BCUT2D eigenvalue weighted by Gasteiger charge is 2.22. The maximum absolute atomic E-state index is 4.49. The van der Waals surface area contributed by atoms with E-state index in [0.29, 0.717) is 6.04 Å². The van der Waals surface area contributed by atoms with Crippen molar-refractivity contribution in [2.75, 3.05) is 46.3 Å². The summed E-state index contributed by atoms with van der Waals surface area (Å²) < 4.78 is 0. The van der Waals surface area contributed by atoms with E-state index in [1.165, 1.54) is 50.9 Å². The normalized spacial score (nSPS) is 22.0. The Hall–Kier alpha value is -0.860. The lowest BCUT2D eigenvalue weighted by molar-refractivity contribution is 0.159. The van der Waals surface area contributed by atoms with Gasteiger partial charge in [0, 0.05) is 52.4 Å². The molecule has 2 fully saturated rings. The number of rotatable bonds is 7. The van der Waals surface area contributed by atoms with E-state index in [2.05, 4.69) is 69.6 Å². The molecular formula is C24H42IN5. The van der Waals surface area contributed by atoms with Crippen molar-refractivity contribution in [1.82, 2.24) is 20.4 Å². The fraction of sp³-hybridized carbons (Fsp3) is 0.708. The predicted molar refractivity (Wildman–Crippen MR) is 139 cm³/mol. The highest BCUT2D eigenvalue weighted by molar-refractivity contribution is 14.0. The van der Waals surface area contributed by atoms with Crippen molar-refractivity contribution in [2.45, 2.75) is 52.1 Å². The van der Waals surface area contributed by atoms with Crippen LogP contribution < -0.4 is 10.6 Å². The molecule has 170 valence electrons. The molecule has 3 rings (SSSR count). The van der Waals surface area contributed by atoms with E-state index >= 15 is 0 Å². The van der Waals surface area contributed by atoms with Crippen molar-refractivity contribution in [3.8, 4) is 0 Å². The number of guanidine groups is 1. The molecule has 0 radical (unpaired) electrons. The number of hydrogen-bond donors (Lipinski definition) is 2. The molecule has 2 N–H and O–H groups in total. The second-order valence-electron chi connectivity index (χ2n) is 9.30. The number of likely N-dealkylation sites (tertiary alicyclic amines) is 2. The number of piperidine rings is 2. The van der Waals surface area contributed by atoms with E-state index in [9.17, 15) is 0 Å². The third kappa shape index (κ3) is 8.71. The summed E-state index contributed by atoms with van der Waals surface area (Å²) in [4.78, 5) is 9.69. The summed E-state index contributed by atoms with van der Waals surface area (Å²) >= 11 is 0. The summed E-state index contributed by atoms with van der Waals surface area (Å²) in [6.45, 7) is 12.7. The monoisotopic (exact) mass is 527 g/mol. The lowest BCUT2D eigenvalue weighted by atomic mass is 9.97. The van der Waals surface area contributed by atoms with Gasteiger partial charge >= 0.3 is 0 Å². The van der Waals surface area contributed by atoms with Gasteiger partial charge in [0.1, 0.15) is 0 Å². The molecule has 1 atom stereocenters. The van der Waals surface area contributed by atoms with Gasteiger partial charge in [-0.3, -0.25) is 9.89 Å². The number of nitrogens with zero attached hydrogens (tertiary/aromatic N) is 3. The highest BCUT2D eigenvalue weighted by atomic mass is 127. The fourth-order valence-electron chi connectivity index (χ4n) is 4.71. The van der Waals surface area contributed by atoms with E-state index in [1.807, 2.05) is 7.05 Å². The number of benzene rings is 1. The molecule has 0 aliphatic carbocycles. The Morgan fingerprint density at radius 1 is 1.07 bits per heavy atom. The van der Waals surface area contributed by atoms with Crippen molar-refractivity contribution in [2.24, 2.45) is 16.8 Å². The zero-order chi connectivity index (χ0) is 20.5. The second-order valence-corrected chi connectivity index (χ2v) is 9.30. The Labute approximate surface area is 201 Å². The van der Waals surface area contributed by atoms with Crippen LogP contribution in [0.2, 0.25) is 0 Å². The van der Waals surface area contributed by atoms with Crippen LogP contribution in [0.4, 0.5) is 0 Å². The minimum absolute atomic E-state index is 0. The van der Waals surface area contributed by atoms with Gasteiger partial charge in [-0.1, -0.05) is 44.2 Å². The van der Waals surface area contributed by atoms with Crippen LogP contribution in [-0.2, 0) is 6.54 Å². The lowest BCUT2D eigenvalue weighted by Gasteiger charge is -2.35. The van der Waals surface area contributed by atoms with Crippen LogP contribution in [0.3, 0.4) is 0 Å². The first-order valence-electron chi connectivity index (χ1n) is 11.6. The molecule has 1 unspecified atom stereocenters. The van der Waals surface area contributed by atoms with Gasteiger partial charge < -0.3 is 15.5 Å². The zero-order valence-electron chi connectivity index (χ0n) is 19.1. The molecule has 30 heavy (non-hydrogen) atoms. The molecule has 0 aromatic heterocycles. The lowest BCUT2D eigenvalue weighted by Crippen LogP contribution is -2.50. The third-order valence-electron chi connectivity index (χ3n) is 6.19. The first kappa shape index (κ1) is 25.4. The Morgan fingerprint density at radius 2 is 1.80 bits per heavy atom. The van der Waals surface area contributed by atoms with E-state index < -0.39 is 0 Å². The molecule has 2 heterocycles. The topological polar surface area (TPSA) is 42.9 Å². The number of halogens is 1. The second kappa shape index (κ2) is 13.5. The maximum Gasteiger partial charge on any atom is 0.191 e. The molecule has 1 aromatic carbocycles. The van der Waals surface area contributed by atoms with E-state index in [-0.39, 0.29) is 24.0 Å². The summed E-state index contributed by atoms with van der Waals surface area (Å²) in [7, 11) is 1.89. The third-order valence-corrected chi connectivity index (χ3v) is 6.19.